The molecule has 0 spiro atoms. The highest BCUT2D eigenvalue weighted by atomic mass is 16.4. The Kier molecular flexibility index (Phi) is 16.4. The van der Waals surface area contributed by atoms with Crippen molar-refractivity contribution in [3.05, 3.63) is 12.2 Å². The fraction of sp³-hybridized carbons (Fsp3) is 0.850. The predicted molar refractivity (Wildman–Crippen MR) is 99.1 cm³/mol. The number of hydrogen-bond acceptors (Lipinski definition) is 3. The highest BCUT2D eigenvalue weighted by molar-refractivity contribution is 5.69. The van der Waals surface area contributed by atoms with E-state index >= 15 is 0 Å². The van der Waals surface area contributed by atoms with Gasteiger partial charge in [-0.25, -0.2) is 0 Å². The fourth-order valence-electron chi connectivity index (χ4n) is 2.85. The van der Waals surface area contributed by atoms with Gasteiger partial charge in [0.15, 0.2) is 0 Å². The van der Waals surface area contributed by atoms with Gasteiger partial charge < -0.3 is 15.3 Å². The average Bonchev–Trinajstić information content (AvgIpc) is 2.56. The maximum Gasteiger partial charge on any atom is 0.306 e. The predicted octanol–water partition coefficient (Wildman–Crippen LogP) is 4.69. The number of unbranched alkanes of at least 4 members (excludes halogenated alkanes) is 7. The van der Waals surface area contributed by atoms with Crippen LogP contribution in [0.15, 0.2) is 12.2 Å². The molecule has 0 saturated carbocycles. The van der Waals surface area contributed by atoms with Gasteiger partial charge in [0, 0.05) is 6.61 Å². The fourth-order valence-corrected chi connectivity index (χ4v) is 2.85. The van der Waals surface area contributed by atoms with Gasteiger partial charge in [-0.1, -0.05) is 64.0 Å². The molecule has 0 bridgehead atoms. The Morgan fingerprint density at radius 3 is 2.25 bits per heavy atom. The van der Waals surface area contributed by atoms with Gasteiger partial charge >= 0.3 is 5.97 Å². The van der Waals surface area contributed by atoms with Gasteiger partial charge in [0.05, 0.1) is 12.0 Å². The Hall–Kier alpha value is -0.870. The van der Waals surface area contributed by atoms with Crippen LogP contribution in [0.25, 0.3) is 0 Å². The molecule has 0 heterocycles. The maximum atomic E-state index is 10.9. The normalized spacial score (nSPS) is 14.1. The molecular weight excluding hydrogens is 304 g/mol. The van der Waals surface area contributed by atoms with Gasteiger partial charge in [0.1, 0.15) is 0 Å². The summed E-state index contributed by atoms with van der Waals surface area (Å²) in [5.41, 5.74) is 0. The van der Waals surface area contributed by atoms with Crippen molar-refractivity contribution in [2.45, 2.75) is 96.5 Å². The van der Waals surface area contributed by atoms with Crippen molar-refractivity contribution >= 4 is 5.97 Å². The van der Waals surface area contributed by atoms with Crippen LogP contribution >= 0.6 is 0 Å². The summed E-state index contributed by atoms with van der Waals surface area (Å²) in [6.07, 6.45) is 16.8. The van der Waals surface area contributed by atoms with Crippen LogP contribution in [0.1, 0.15) is 90.4 Å². The summed E-state index contributed by atoms with van der Waals surface area (Å²) < 4.78 is 0. The molecule has 2 atom stereocenters. The summed E-state index contributed by atoms with van der Waals surface area (Å²) >= 11 is 0. The molecule has 142 valence electrons. The second-order valence-electron chi connectivity index (χ2n) is 6.75. The van der Waals surface area contributed by atoms with E-state index < -0.39 is 11.9 Å². The third-order valence-corrected chi connectivity index (χ3v) is 4.47. The summed E-state index contributed by atoms with van der Waals surface area (Å²) in [4.78, 5) is 10.9. The van der Waals surface area contributed by atoms with Crippen LogP contribution < -0.4 is 0 Å². The molecule has 0 aliphatic rings. The Labute approximate surface area is 148 Å². The molecule has 2 unspecified atom stereocenters. The molecule has 0 aliphatic heterocycles. The van der Waals surface area contributed by atoms with Crippen molar-refractivity contribution in [3.8, 4) is 0 Å². The molecule has 0 amide bonds. The molecular formula is C20H38O4. The van der Waals surface area contributed by atoms with Gasteiger partial charge in [-0.15, -0.1) is 0 Å². The average molecular weight is 343 g/mol. The van der Waals surface area contributed by atoms with Crippen LogP contribution in [-0.4, -0.2) is 34.0 Å². The molecule has 0 aromatic heterocycles. The number of carbonyl (C=O) groups is 1. The molecule has 0 aromatic carbocycles. The van der Waals surface area contributed by atoms with Gasteiger partial charge in [-0.05, 0) is 38.5 Å². The first-order valence-electron chi connectivity index (χ1n) is 9.78. The number of aliphatic hydroxyl groups is 2. The molecule has 4 heteroatoms. The van der Waals surface area contributed by atoms with Crippen molar-refractivity contribution in [1.82, 2.24) is 0 Å². The van der Waals surface area contributed by atoms with E-state index in [-0.39, 0.29) is 12.7 Å². The largest absolute Gasteiger partial charge is 0.481 e. The summed E-state index contributed by atoms with van der Waals surface area (Å²) in [6.45, 7) is 2.14. The Balaban J connectivity index is 3.47. The second kappa shape index (κ2) is 17.0. The number of rotatable bonds is 17. The molecule has 3 N–H and O–H groups in total. The van der Waals surface area contributed by atoms with Crippen LogP contribution in [0.3, 0.4) is 0 Å². The molecule has 24 heavy (non-hydrogen) atoms. The minimum Gasteiger partial charge on any atom is -0.481 e. The highest BCUT2D eigenvalue weighted by Gasteiger charge is 2.15. The van der Waals surface area contributed by atoms with E-state index in [0.29, 0.717) is 12.8 Å². The minimum atomic E-state index is -0.791. The molecule has 0 aromatic rings. The number of hydrogen-bond donors (Lipinski definition) is 3. The lowest BCUT2D eigenvalue weighted by atomic mass is 9.98. The van der Waals surface area contributed by atoms with Gasteiger partial charge in [0.25, 0.3) is 0 Å². The van der Waals surface area contributed by atoms with E-state index in [1.54, 1.807) is 0 Å². The van der Waals surface area contributed by atoms with Gasteiger partial charge in [0.2, 0.25) is 0 Å². The lowest BCUT2D eigenvalue weighted by Gasteiger charge is -2.09. The Morgan fingerprint density at radius 1 is 0.917 bits per heavy atom. The molecule has 0 saturated heterocycles. The van der Waals surface area contributed by atoms with E-state index in [9.17, 15) is 9.90 Å². The number of carboxylic acids is 1. The van der Waals surface area contributed by atoms with Gasteiger partial charge in [-0.2, -0.15) is 0 Å². The van der Waals surface area contributed by atoms with Crippen LogP contribution in [-0.2, 0) is 4.79 Å². The SMILES string of the molecule is CCCCCCC(O)C/C=C\CCCCCCC(CCO)C(=O)O. The quantitative estimate of drug-likeness (QED) is 0.265. The van der Waals surface area contributed by atoms with E-state index in [0.717, 1.165) is 51.4 Å². The van der Waals surface area contributed by atoms with E-state index in [1.165, 1.54) is 19.3 Å². The molecule has 0 fully saturated rings. The van der Waals surface area contributed by atoms with Crippen molar-refractivity contribution < 1.29 is 20.1 Å². The first kappa shape index (κ1) is 23.1. The van der Waals surface area contributed by atoms with E-state index in [4.69, 9.17) is 10.2 Å². The van der Waals surface area contributed by atoms with Crippen molar-refractivity contribution in [1.29, 1.82) is 0 Å². The lowest BCUT2D eigenvalue weighted by Crippen LogP contribution is -2.15. The summed E-state index contributed by atoms with van der Waals surface area (Å²) in [5, 5.41) is 27.7. The molecule has 0 radical (unpaired) electrons. The summed E-state index contributed by atoms with van der Waals surface area (Å²) in [5.74, 6) is -1.19. The smallest absolute Gasteiger partial charge is 0.306 e. The number of aliphatic carboxylic acids is 1. The number of aliphatic hydroxyl groups excluding tert-OH is 2. The first-order chi connectivity index (χ1) is 11.6. The van der Waals surface area contributed by atoms with Crippen LogP contribution in [0, 0.1) is 5.92 Å². The van der Waals surface area contributed by atoms with Gasteiger partial charge in [-0.3, -0.25) is 4.79 Å². The van der Waals surface area contributed by atoms with Crippen molar-refractivity contribution in [3.63, 3.8) is 0 Å². The van der Waals surface area contributed by atoms with E-state index in [2.05, 4.69) is 19.1 Å². The third-order valence-electron chi connectivity index (χ3n) is 4.47. The summed E-state index contributed by atoms with van der Waals surface area (Å²) in [7, 11) is 0. The Bertz CT molecular complexity index is 315. The summed E-state index contributed by atoms with van der Waals surface area (Å²) in [6, 6.07) is 0. The third kappa shape index (κ3) is 14.7. The van der Waals surface area contributed by atoms with Crippen LogP contribution in [0.5, 0.6) is 0 Å². The maximum absolute atomic E-state index is 10.9. The second-order valence-corrected chi connectivity index (χ2v) is 6.75. The van der Waals surface area contributed by atoms with Crippen molar-refractivity contribution in [2.75, 3.05) is 6.61 Å². The molecule has 0 rings (SSSR count). The van der Waals surface area contributed by atoms with E-state index in [1.807, 2.05) is 0 Å². The minimum absolute atomic E-state index is 0.0494. The number of allylic oxidation sites excluding steroid dienone is 1. The first-order valence-corrected chi connectivity index (χ1v) is 9.78. The number of carboxylic acid groups (broad SMARTS) is 1. The zero-order chi connectivity index (χ0) is 18.0. The van der Waals surface area contributed by atoms with Crippen molar-refractivity contribution in [2.24, 2.45) is 5.92 Å². The standard InChI is InChI=1S/C20H38O4/c1-2-3-4-11-14-19(22)15-12-9-7-5-6-8-10-13-18(16-17-21)20(23)24/h9,12,18-19,21-22H,2-8,10-11,13-17H2,1H3,(H,23,24)/b12-9-. The zero-order valence-corrected chi connectivity index (χ0v) is 15.5. The Morgan fingerprint density at radius 2 is 1.58 bits per heavy atom. The van der Waals surface area contributed by atoms with Crippen LogP contribution in [0.4, 0.5) is 0 Å². The topological polar surface area (TPSA) is 77.8 Å². The lowest BCUT2D eigenvalue weighted by molar-refractivity contribution is -0.142. The highest BCUT2D eigenvalue weighted by Crippen LogP contribution is 2.15. The molecule has 0 aliphatic carbocycles. The van der Waals surface area contributed by atoms with Crippen LogP contribution in [0.2, 0.25) is 0 Å². The monoisotopic (exact) mass is 342 g/mol. The zero-order valence-electron chi connectivity index (χ0n) is 15.5. The molecule has 4 nitrogen and oxygen atoms in total.